The van der Waals surface area contributed by atoms with E-state index in [9.17, 15) is 4.79 Å². The molecule has 2 atom stereocenters. The van der Waals surface area contributed by atoms with Gasteiger partial charge in [0, 0.05) is 19.1 Å². The molecular weight excluding hydrogens is 234 g/mol. The average Bonchev–Trinajstić information content (AvgIpc) is 2.65. The minimum absolute atomic E-state index is 0.123. The summed E-state index contributed by atoms with van der Waals surface area (Å²) < 4.78 is 6.57. The van der Waals surface area contributed by atoms with E-state index >= 15 is 0 Å². The zero-order chi connectivity index (χ0) is 13.3. The summed E-state index contributed by atoms with van der Waals surface area (Å²) in [4.78, 5) is 11.4. The van der Waals surface area contributed by atoms with Gasteiger partial charge in [-0.15, -0.1) is 0 Å². The van der Waals surface area contributed by atoms with Gasteiger partial charge in [-0.1, -0.05) is 6.07 Å². The SMILES string of the molecule is CNC(c1ccc2c(c1)oc(=O)n2C)C(N)CO. The number of hydrogen-bond donors (Lipinski definition) is 3. The van der Waals surface area contributed by atoms with E-state index in [1.54, 1.807) is 20.2 Å². The van der Waals surface area contributed by atoms with Crippen LogP contribution in [0.15, 0.2) is 27.4 Å². The van der Waals surface area contributed by atoms with Gasteiger partial charge in [0.1, 0.15) is 0 Å². The number of hydrogen-bond acceptors (Lipinski definition) is 5. The number of benzene rings is 1. The third kappa shape index (κ3) is 2.05. The lowest BCUT2D eigenvalue weighted by Crippen LogP contribution is -2.38. The molecule has 2 rings (SSSR count). The van der Waals surface area contributed by atoms with Crippen LogP contribution in [0.3, 0.4) is 0 Å². The summed E-state index contributed by atoms with van der Waals surface area (Å²) in [5, 5.41) is 12.2. The Kier molecular flexibility index (Phi) is 3.51. The molecule has 4 N–H and O–H groups in total. The number of aromatic nitrogens is 1. The van der Waals surface area contributed by atoms with Crippen LogP contribution >= 0.6 is 0 Å². The molecule has 0 aliphatic carbocycles. The molecule has 1 aromatic heterocycles. The largest absolute Gasteiger partial charge is 0.419 e. The molecule has 6 nitrogen and oxygen atoms in total. The van der Waals surface area contributed by atoms with E-state index in [-0.39, 0.29) is 12.6 Å². The van der Waals surface area contributed by atoms with Gasteiger partial charge in [-0.25, -0.2) is 4.79 Å². The molecule has 2 unspecified atom stereocenters. The Morgan fingerprint density at radius 3 is 2.89 bits per heavy atom. The van der Waals surface area contributed by atoms with Gasteiger partial charge in [0.25, 0.3) is 0 Å². The number of likely N-dealkylation sites (N-methyl/N-ethyl adjacent to an activating group) is 1. The molecule has 0 aliphatic rings. The van der Waals surface area contributed by atoms with Gasteiger partial charge in [0.2, 0.25) is 0 Å². The van der Waals surface area contributed by atoms with E-state index in [1.807, 2.05) is 12.1 Å². The Balaban J connectivity index is 2.49. The molecule has 18 heavy (non-hydrogen) atoms. The van der Waals surface area contributed by atoms with E-state index in [1.165, 1.54) is 4.57 Å². The number of nitrogens with one attached hydrogen (secondary N) is 1. The van der Waals surface area contributed by atoms with E-state index in [4.69, 9.17) is 15.3 Å². The molecule has 98 valence electrons. The van der Waals surface area contributed by atoms with Crippen molar-refractivity contribution in [3.8, 4) is 0 Å². The summed E-state index contributed by atoms with van der Waals surface area (Å²) in [7, 11) is 3.43. The van der Waals surface area contributed by atoms with Gasteiger partial charge in [0.15, 0.2) is 5.58 Å². The molecule has 0 fully saturated rings. The van der Waals surface area contributed by atoms with Crippen LogP contribution in [0.5, 0.6) is 0 Å². The van der Waals surface area contributed by atoms with Crippen molar-refractivity contribution in [1.82, 2.24) is 9.88 Å². The number of rotatable bonds is 4. The van der Waals surface area contributed by atoms with Crippen LogP contribution in [-0.4, -0.2) is 29.4 Å². The van der Waals surface area contributed by atoms with Gasteiger partial charge in [0.05, 0.1) is 12.1 Å². The van der Waals surface area contributed by atoms with Gasteiger partial charge >= 0.3 is 5.76 Å². The molecule has 1 aromatic carbocycles. The van der Waals surface area contributed by atoms with E-state index in [2.05, 4.69) is 5.32 Å². The van der Waals surface area contributed by atoms with Crippen molar-refractivity contribution >= 4 is 11.1 Å². The van der Waals surface area contributed by atoms with Crippen LogP contribution in [-0.2, 0) is 7.05 Å². The molecule has 0 aliphatic heterocycles. The second-order valence-electron chi connectivity index (χ2n) is 4.27. The Bertz CT molecular complexity index is 602. The number of nitrogens with two attached hydrogens (primary N) is 1. The maximum absolute atomic E-state index is 11.4. The highest BCUT2D eigenvalue weighted by molar-refractivity contribution is 5.73. The fourth-order valence-electron chi connectivity index (χ4n) is 2.08. The van der Waals surface area contributed by atoms with Crippen molar-refractivity contribution in [3.05, 3.63) is 34.3 Å². The molecule has 1 heterocycles. The van der Waals surface area contributed by atoms with Crippen LogP contribution in [0.2, 0.25) is 0 Å². The standard InChI is InChI=1S/C12H17N3O3/c1-14-11(8(13)6-16)7-3-4-9-10(5-7)18-12(17)15(9)2/h3-5,8,11,14,16H,6,13H2,1-2H3. The van der Waals surface area contributed by atoms with E-state index in [0.717, 1.165) is 11.1 Å². The van der Waals surface area contributed by atoms with Crippen molar-refractivity contribution in [3.63, 3.8) is 0 Å². The zero-order valence-electron chi connectivity index (χ0n) is 10.4. The van der Waals surface area contributed by atoms with Crippen molar-refractivity contribution in [1.29, 1.82) is 0 Å². The van der Waals surface area contributed by atoms with Gasteiger partial charge < -0.3 is 20.6 Å². The highest BCUT2D eigenvalue weighted by Crippen LogP contribution is 2.21. The van der Waals surface area contributed by atoms with E-state index < -0.39 is 11.8 Å². The summed E-state index contributed by atoms with van der Waals surface area (Å²) in [5.74, 6) is -0.394. The second kappa shape index (κ2) is 4.93. The number of oxazole rings is 1. The van der Waals surface area contributed by atoms with Crippen molar-refractivity contribution in [2.75, 3.05) is 13.7 Å². The normalized spacial score (nSPS) is 14.9. The highest BCUT2D eigenvalue weighted by Gasteiger charge is 2.18. The number of aliphatic hydroxyl groups excluding tert-OH is 1. The predicted molar refractivity (Wildman–Crippen MR) is 68.3 cm³/mol. The maximum atomic E-state index is 11.4. The first-order valence-electron chi connectivity index (χ1n) is 5.71. The monoisotopic (exact) mass is 251 g/mol. The quantitative estimate of drug-likeness (QED) is 0.694. The first-order chi connectivity index (χ1) is 8.58. The molecule has 0 radical (unpaired) electrons. The second-order valence-corrected chi connectivity index (χ2v) is 4.27. The Labute approximate surface area is 104 Å². The lowest BCUT2D eigenvalue weighted by molar-refractivity contribution is 0.240. The maximum Gasteiger partial charge on any atom is 0.419 e. The third-order valence-electron chi connectivity index (χ3n) is 3.13. The molecule has 0 saturated heterocycles. The number of fused-ring (bicyclic) bond motifs is 1. The summed E-state index contributed by atoms with van der Waals surface area (Å²) in [6.45, 7) is -0.123. The lowest BCUT2D eigenvalue weighted by Gasteiger charge is -2.22. The molecule has 2 aromatic rings. The molecule has 0 bridgehead atoms. The highest BCUT2D eigenvalue weighted by atomic mass is 16.4. The minimum atomic E-state index is -0.414. The number of aliphatic hydroxyl groups is 1. The van der Waals surface area contributed by atoms with Gasteiger partial charge in [-0.05, 0) is 24.7 Å². The molecule has 0 saturated carbocycles. The smallest absolute Gasteiger partial charge is 0.408 e. The van der Waals surface area contributed by atoms with Gasteiger partial charge in [-0.3, -0.25) is 4.57 Å². The molecule has 6 heteroatoms. The van der Waals surface area contributed by atoms with Crippen LogP contribution in [0.1, 0.15) is 11.6 Å². The van der Waals surface area contributed by atoms with E-state index in [0.29, 0.717) is 5.58 Å². The zero-order valence-corrected chi connectivity index (χ0v) is 10.4. The number of aryl methyl sites for hydroxylation is 1. The molecule has 0 spiro atoms. The lowest BCUT2D eigenvalue weighted by atomic mass is 10.0. The topological polar surface area (TPSA) is 93.4 Å². The third-order valence-corrected chi connectivity index (χ3v) is 3.13. The Morgan fingerprint density at radius 2 is 2.28 bits per heavy atom. The van der Waals surface area contributed by atoms with Crippen LogP contribution in [0.4, 0.5) is 0 Å². The summed E-state index contributed by atoms with van der Waals surface area (Å²) in [6.07, 6.45) is 0. The van der Waals surface area contributed by atoms with Crippen LogP contribution < -0.4 is 16.8 Å². The predicted octanol–water partition coefficient (Wildman–Crippen LogP) is -0.288. The fraction of sp³-hybridized carbons (Fsp3) is 0.417. The average molecular weight is 251 g/mol. The minimum Gasteiger partial charge on any atom is -0.408 e. The first kappa shape index (κ1) is 12.8. The summed E-state index contributed by atoms with van der Waals surface area (Å²) in [6, 6.07) is 4.85. The van der Waals surface area contributed by atoms with Crippen molar-refractivity contribution in [2.24, 2.45) is 12.8 Å². The van der Waals surface area contributed by atoms with Crippen molar-refractivity contribution in [2.45, 2.75) is 12.1 Å². The fourth-order valence-corrected chi connectivity index (χ4v) is 2.08. The molecular formula is C12H17N3O3. The van der Waals surface area contributed by atoms with Crippen LogP contribution in [0.25, 0.3) is 11.1 Å². The summed E-state index contributed by atoms with van der Waals surface area (Å²) >= 11 is 0. The number of nitrogens with zero attached hydrogens (tertiary/aromatic N) is 1. The Hall–Kier alpha value is -1.63. The van der Waals surface area contributed by atoms with Crippen molar-refractivity contribution < 1.29 is 9.52 Å². The summed E-state index contributed by atoms with van der Waals surface area (Å²) in [5.41, 5.74) is 7.96. The first-order valence-corrected chi connectivity index (χ1v) is 5.71. The van der Waals surface area contributed by atoms with Gasteiger partial charge in [-0.2, -0.15) is 0 Å². The Morgan fingerprint density at radius 1 is 1.56 bits per heavy atom. The molecule has 0 amide bonds. The van der Waals surface area contributed by atoms with Crippen LogP contribution in [0, 0.1) is 0 Å².